The molecule has 0 atom stereocenters. The van der Waals surface area contributed by atoms with Crippen molar-refractivity contribution >= 4 is 23.3 Å². The SMILES string of the molecule is CNC(=O)c1cc(OCCN(C)C(=O)/C(C#N)=C(\O)c2cc(OC)c(O)c([N+](=O)[O-])c2)ccc1C. The zero-order chi connectivity index (χ0) is 26.3. The number of aliphatic hydroxyl groups excluding tert-OH is 1. The predicted molar refractivity (Wildman–Crippen MR) is 124 cm³/mol. The number of methoxy groups -OCH3 is 1. The number of likely N-dealkylation sites (N-methyl/N-ethyl adjacent to an activating group) is 1. The number of amides is 2. The Hall–Kier alpha value is -4.79. The largest absolute Gasteiger partial charge is 0.506 e. The van der Waals surface area contributed by atoms with E-state index >= 15 is 0 Å². The van der Waals surface area contributed by atoms with Gasteiger partial charge in [-0.25, -0.2) is 0 Å². The lowest BCUT2D eigenvalue weighted by Gasteiger charge is -2.18. The molecular weight excluding hydrogens is 460 g/mol. The average Bonchev–Trinajstić information content (AvgIpc) is 2.84. The third-order valence-electron chi connectivity index (χ3n) is 5.03. The van der Waals surface area contributed by atoms with Crippen molar-refractivity contribution in [2.24, 2.45) is 0 Å². The summed E-state index contributed by atoms with van der Waals surface area (Å²) in [6.07, 6.45) is 0. The van der Waals surface area contributed by atoms with Crippen LogP contribution in [0, 0.1) is 28.4 Å². The van der Waals surface area contributed by atoms with Crippen LogP contribution in [0.25, 0.3) is 5.76 Å². The number of nitriles is 1. The molecule has 0 aromatic heterocycles. The Morgan fingerprint density at radius 2 is 1.97 bits per heavy atom. The second kappa shape index (κ2) is 11.4. The van der Waals surface area contributed by atoms with E-state index in [1.54, 1.807) is 31.2 Å². The number of hydrogen-bond acceptors (Lipinski definition) is 9. The van der Waals surface area contributed by atoms with Crippen LogP contribution in [0.4, 0.5) is 5.69 Å². The van der Waals surface area contributed by atoms with Gasteiger partial charge in [-0.15, -0.1) is 0 Å². The number of phenolic OH excluding ortho intramolecular Hbond substituents is 1. The Balaban J connectivity index is 2.21. The maximum absolute atomic E-state index is 12.8. The van der Waals surface area contributed by atoms with Gasteiger partial charge in [-0.3, -0.25) is 19.7 Å². The molecule has 0 aliphatic heterocycles. The number of nitro benzene ring substituents is 1. The number of carbonyl (C=O) groups is 2. The number of aliphatic hydroxyl groups is 1. The first-order chi connectivity index (χ1) is 16.5. The first-order valence-corrected chi connectivity index (χ1v) is 10.2. The molecule has 0 spiro atoms. The minimum absolute atomic E-state index is 0.0104. The molecule has 0 aliphatic carbocycles. The van der Waals surface area contributed by atoms with Crippen LogP contribution in [0.5, 0.6) is 17.2 Å². The molecule has 12 nitrogen and oxygen atoms in total. The molecule has 0 bridgehead atoms. The van der Waals surface area contributed by atoms with Gasteiger partial charge < -0.3 is 29.9 Å². The highest BCUT2D eigenvalue weighted by molar-refractivity contribution is 6.03. The van der Waals surface area contributed by atoms with E-state index in [2.05, 4.69) is 5.32 Å². The highest BCUT2D eigenvalue weighted by atomic mass is 16.6. The lowest BCUT2D eigenvalue weighted by atomic mass is 10.1. The summed E-state index contributed by atoms with van der Waals surface area (Å²) in [5.41, 5.74) is -0.512. The third kappa shape index (κ3) is 5.97. The molecule has 0 radical (unpaired) electrons. The summed E-state index contributed by atoms with van der Waals surface area (Å²) < 4.78 is 10.5. The van der Waals surface area contributed by atoms with Crippen LogP contribution in [0.1, 0.15) is 21.5 Å². The molecule has 0 saturated carbocycles. The molecule has 0 fully saturated rings. The Morgan fingerprint density at radius 1 is 1.29 bits per heavy atom. The van der Waals surface area contributed by atoms with Gasteiger partial charge >= 0.3 is 5.69 Å². The second-order valence-electron chi connectivity index (χ2n) is 7.27. The van der Waals surface area contributed by atoms with Crippen molar-refractivity contribution in [3.63, 3.8) is 0 Å². The maximum atomic E-state index is 12.8. The molecule has 2 amide bonds. The van der Waals surface area contributed by atoms with Crippen molar-refractivity contribution in [2.75, 3.05) is 34.4 Å². The zero-order valence-electron chi connectivity index (χ0n) is 19.5. The van der Waals surface area contributed by atoms with E-state index in [4.69, 9.17) is 9.47 Å². The fourth-order valence-electron chi connectivity index (χ4n) is 3.03. The summed E-state index contributed by atoms with van der Waals surface area (Å²) in [5, 5.41) is 43.6. The molecule has 35 heavy (non-hydrogen) atoms. The van der Waals surface area contributed by atoms with Crippen LogP contribution in [0.15, 0.2) is 35.9 Å². The van der Waals surface area contributed by atoms with E-state index in [1.807, 2.05) is 0 Å². The maximum Gasteiger partial charge on any atom is 0.315 e. The molecule has 2 rings (SSSR count). The van der Waals surface area contributed by atoms with Crippen LogP contribution in [-0.4, -0.2) is 66.2 Å². The van der Waals surface area contributed by atoms with Gasteiger partial charge in [0.2, 0.25) is 5.75 Å². The molecule has 12 heteroatoms. The number of benzene rings is 2. The number of nitrogens with one attached hydrogen (secondary N) is 1. The average molecular weight is 484 g/mol. The van der Waals surface area contributed by atoms with Gasteiger partial charge in [-0.1, -0.05) is 6.07 Å². The molecule has 184 valence electrons. The molecular formula is C23H24N4O8. The number of aryl methyl sites for hydroxylation is 1. The summed E-state index contributed by atoms with van der Waals surface area (Å²) in [6, 6.07) is 8.43. The normalized spacial score (nSPS) is 11.1. The summed E-state index contributed by atoms with van der Waals surface area (Å²) >= 11 is 0. The van der Waals surface area contributed by atoms with E-state index in [1.165, 1.54) is 14.1 Å². The van der Waals surface area contributed by atoms with Crippen LogP contribution < -0.4 is 14.8 Å². The molecule has 0 unspecified atom stereocenters. The number of carbonyl (C=O) groups excluding carboxylic acids is 2. The van der Waals surface area contributed by atoms with Crippen molar-refractivity contribution in [2.45, 2.75) is 6.92 Å². The Kier molecular flexibility index (Phi) is 8.60. The monoisotopic (exact) mass is 484 g/mol. The molecule has 0 aliphatic rings. The summed E-state index contributed by atoms with van der Waals surface area (Å²) in [5.74, 6) is -2.63. The van der Waals surface area contributed by atoms with E-state index in [0.717, 1.165) is 29.7 Å². The fourth-order valence-corrected chi connectivity index (χ4v) is 3.03. The summed E-state index contributed by atoms with van der Waals surface area (Å²) in [4.78, 5) is 36.1. The third-order valence-corrected chi connectivity index (χ3v) is 5.03. The first-order valence-electron chi connectivity index (χ1n) is 10.2. The summed E-state index contributed by atoms with van der Waals surface area (Å²) in [6.45, 7) is 1.80. The predicted octanol–water partition coefficient (Wildman–Crippen LogP) is 2.31. The van der Waals surface area contributed by atoms with Crippen molar-refractivity contribution in [3.05, 3.63) is 62.7 Å². The fraction of sp³-hybridized carbons (Fsp3) is 0.261. The van der Waals surface area contributed by atoms with Crippen LogP contribution >= 0.6 is 0 Å². The highest BCUT2D eigenvalue weighted by Gasteiger charge is 2.25. The second-order valence-corrected chi connectivity index (χ2v) is 7.27. The lowest BCUT2D eigenvalue weighted by Crippen LogP contribution is -2.32. The first kappa shape index (κ1) is 26.5. The highest BCUT2D eigenvalue weighted by Crippen LogP contribution is 2.38. The van der Waals surface area contributed by atoms with Gasteiger partial charge in [0.15, 0.2) is 11.3 Å². The van der Waals surface area contributed by atoms with Gasteiger partial charge in [0.1, 0.15) is 24.2 Å². The molecule has 0 heterocycles. The topological polar surface area (TPSA) is 175 Å². The molecule has 2 aromatic rings. The number of phenols is 1. The quantitative estimate of drug-likeness (QED) is 0.158. The number of aromatic hydroxyl groups is 1. The van der Waals surface area contributed by atoms with Crippen LogP contribution in [0.2, 0.25) is 0 Å². The van der Waals surface area contributed by atoms with Crippen molar-refractivity contribution in [1.29, 1.82) is 5.26 Å². The van der Waals surface area contributed by atoms with E-state index < -0.39 is 33.6 Å². The van der Waals surface area contributed by atoms with E-state index in [9.17, 15) is 35.2 Å². The van der Waals surface area contributed by atoms with Crippen LogP contribution in [0.3, 0.4) is 0 Å². The van der Waals surface area contributed by atoms with Gasteiger partial charge in [0, 0.05) is 31.3 Å². The molecule has 0 saturated heterocycles. The van der Waals surface area contributed by atoms with Gasteiger partial charge in [-0.2, -0.15) is 5.26 Å². The van der Waals surface area contributed by atoms with Gasteiger partial charge in [0.25, 0.3) is 11.8 Å². The van der Waals surface area contributed by atoms with Crippen molar-refractivity contribution in [1.82, 2.24) is 10.2 Å². The Bertz CT molecular complexity index is 1230. The standard InChI is InChI=1S/C23H24N4O8/c1-13-5-6-15(11-16(13)22(30)25-2)35-8-7-26(3)23(31)17(12-24)20(28)14-9-18(27(32)33)21(29)19(10-14)34-4/h5-6,9-11,28-29H,7-8H2,1-4H3,(H,25,30)/b20-17-. The van der Waals surface area contributed by atoms with Crippen LogP contribution in [-0.2, 0) is 4.79 Å². The van der Waals surface area contributed by atoms with Gasteiger partial charge in [0.05, 0.1) is 18.6 Å². The number of nitrogens with zero attached hydrogens (tertiary/aromatic N) is 3. The Morgan fingerprint density at radius 3 is 2.54 bits per heavy atom. The van der Waals surface area contributed by atoms with E-state index in [0.29, 0.717) is 11.3 Å². The van der Waals surface area contributed by atoms with Crippen molar-refractivity contribution < 1.29 is 34.2 Å². The van der Waals surface area contributed by atoms with Gasteiger partial charge in [-0.05, 0) is 30.7 Å². The number of nitro groups is 1. The number of hydrogen-bond donors (Lipinski definition) is 3. The molecule has 3 N–H and O–H groups in total. The minimum atomic E-state index is -0.896. The minimum Gasteiger partial charge on any atom is -0.506 e. The van der Waals surface area contributed by atoms with E-state index in [-0.39, 0.29) is 30.4 Å². The molecule has 2 aromatic carbocycles. The van der Waals surface area contributed by atoms with Crippen molar-refractivity contribution in [3.8, 4) is 23.3 Å². The number of rotatable bonds is 9. The summed E-state index contributed by atoms with van der Waals surface area (Å²) in [7, 11) is 4.04. The lowest BCUT2D eigenvalue weighted by molar-refractivity contribution is -0.386. The zero-order valence-corrected chi connectivity index (χ0v) is 19.5. The number of ether oxygens (including phenoxy) is 2. The smallest absolute Gasteiger partial charge is 0.315 e. The Labute approximate surface area is 200 Å².